The molecule has 10 heteroatoms. The molecule has 0 amide bonds. The smallest absolute Gasteiger partial charge is 0.308 e. The van der Waals surface area contributed by atoms with Crippen LogP contribution in [0.1, 0.15) is 42.8 Å². The number of benzene rings is 1. The van der Waals surface area contributed by atoms with Crippen LogP contribution < -0.4 is 10.1 Å². The lowest BCUT2D eigenvalue weighted by molar-refractivity contribution is -0.143. The molecule has 1 aromatic carbocycles. The first-order valence-corrected chi connectivity index (χ1v) is 15.0. The maximum Gasteiger partial charge on any atom is 0.308 e. The number of anilines is 1. The highest BCUT2D eigenvalue weighted by Crippen LogP contribution is 2.31. The molecule has 39 heavy (non-hydrogen) atoms. The van der Waals surface area contributed by atoms with Crippen LogP contribution in [-0.4, -0.2) is 54.9 Å². The van der Waals surface area contributed by atoms with Crippen molar-refractivity contribution in [1.82, 2.24) is 14.5 Å². The lowest BCUT2D eigenvalue weighted by Crippen LogP contribution is -2.17. The van der Waals surface area contributed by atoms with Gasteiger partial charge in [-0.05, 0) is 67.8 Å². The SMILES string of the molecule is CCOC(=O)CC(c1cncc(S(C)(=O)=O)c1)n1ccc2cc(OCCc3ccc4c(n3)CCCN4)ccc21. The molecule has 0 aliphatic carbocycles. The molecule has 0 radical (unpaired) electrons. The Morgan fingerprint density at radius 2 is 2.03 bits per heavy atom. The quantitative estimate of drug-likeness (QED) is 0.291. The molecular formula is C29H32N4O5S. The van der Waals surface area contributed by atoms with E-state index in [0.717, 1.165) is 59.4 Å². The van der Waals surface area contributed by atoms with Gasteiger partial charge in [0, 0.05) is 54.4 Å². The Bertz CT molecular complexity index is 1600. The fraction of sp³-hybridized carbons (Fsp3) is 0.345. The Morgan fingerprint density at radius 1 is 1.15 bits per heavy atom. The van der Waals surface area contributed by atoms with Gasteiger partial charge in [-0.3, -0.25) is 14.8 Å². The lowest BCUT2D eigenvalue weighted by Gasteiger charge is -2.20. The van der Waals surface area contributed by atoms with Crippen molar-refractivity contribution >= 4 is 32.4 Å². The Balaban J connectivity index is 1.35. The van der Waals surface area contributed by atoms with Gasteiger partial charge in [0.1, 0.15) is 5.75 Å². The molecule has 0 saturated carbocycles. The zero-order chi connectivity index (χ0) is 27.4. The summed E-state index contributed by atoms with van der Waals surface area (Å²) < 4.78 is 37.5. The normalized spacial score (nSPS) is 13.9. The van der Waals surface area contributed by atoms with E-state index in [0.29, 0.717) is 18.6 Å². The number of hydrogen-bond acceptors (Lipinski definition) is 8. The number of fused-ring (bicyclic) bond motifs is 2. The van der Waals surface area contributed by atoms with E-state index in [1.807, 2.05) is 41.1 Å². The van der Waals surface area contributed by atoms with Crippen molar-refractivity contribution in [2.75, 3.05) is 31.3 Å². The zero-order valence-corrected chi connectivity index (χ0v) is 22.9. The standard InChI is InChI=1S/C29H32N4O5S/c1-3-37-29(34)17-28(21-16-24(19-30-18-21)39(2,35)36)33-13-10-20-15-23(7-9-27(20)33)38-14-11-22-6-8-25-26(32-22)5-4-12-31-25/h6-10,13,15-16,18-19,28,31H,3-5,11-12,14,17H2,1-2H3. The summed E-state index contributed by atoms with van der Waals surface area (Å²) in [4.78, 5) is 21.5. The van der Waals surface area contributed by atoms with Gasteiger partial charge in [-0.15, -0.1) is 0 Å². The van der Waals surface area contributed by atoms with E-state index in [9.17, 15) is 13.2 Å². The van der Waals surface area contributed by atoms with Crippen LogP contribution in [0.5, 0.6) is 5.75 Å². The maximum atomic E-state index is 12.5. The van der Waals surface area contributed by atoms with Crippen molar-refractivity contribution in [1.29, 1.82) is 0 Å². The summed E-state index contributed by atoms with van der Waals surface area (Å²) >= 11 is 0. The minimum absolute atomic E-state index is 0.0358. The summed E-state index contributed by atoms with van der Waals surface area (Å²) in [6, 6.07) is 13.0. The summed E-state index contributed by atoms with van der Waals surface area (Å²) in [7, 11) is -3.46. The molecule has 9 nitrogen and oxygen atoms in total. The minimum Gasteiger partial charge on any atom is -0.493 e. The highest BCUT2D eigenvalue weighted by atomic mass is 32.2. The minimum atomic E-state index is -3.46. The first-order valence-electron chi connectivity index (χ1n) is 13.1. The predicted octanol–water partition coefficient (Wildman–Crippen LogP) is 4.36. The molecule has 4 aromatic rings. The summed E-state index contributed by atoms with van der Waals surface area (Å²) in [5.74, 6) is 0.364. The third-order valence-corrected chi connectivity index (χ3v) is 7.88. The van der Waals surface area contributed by atoms with Crippen LogP contribution in [-0.2, 0) is 32.2 Å². The second-order valence-electron chi connectivity index (χ2n) is 9.62. The molecule has 1 unspecified atom stereocenters. The molecule has 204 valence electrons. The third-order valence-electron chi connectivity index (χ3n) is 6.80. The van der Waals surface area contributed by atoms with E-state index in [1.54, 1.807) is 19.2 Å². The van der Waals surface area contributed by atoms with Crippen LogP contribution >= 0.6 is 0 Å². The van der Waals surface area contributed by atoms with Crippen LogP contribution in [0, 0.1) is 0 Å². The summed E-state index contributed by atoms with van der Waals surface area (Å²) in [5, 5.41) is 4.32. The van der Waals surface area contributed by atoms with Gasteiger partial charge in [-0.2, -0.15) is 0 Å². The molecule has 3 aromatic heterocycles. The van der Waals surface area contributed by atoms with E-state index in [4.69, 9.17) is 14.5 Å². The van der Waals surface area contributed by atoms with Gasteiger partial charge in [0.25, 0.3) is 0 Å². The van der Waals surface area contributed by atoms with E-state index in [2.05, 4.69) is 16.4 Å². The monoisotopic (exact) mass is 548 g/mol. The highest BCUT2D eigenvalue weighted by Gasteiger charge is 2.22. The molecule has 1 atom stereocenters. The largest absolute Gasteiger partial charge is 0.493 e. The van der Waals surface area contributed by atoms with Crippen LogP contribution in [0.25, 0.3) is 10.9 Å². The second-order valence-corrected chi connectivity index (χ2v) is 11.6. The van der Waals surface area contributed by atoms with Crippen molar-refractivity contribution < 1.29 is 22.7 Å². The first-order chi connectivity index (χ1) is 18.8. The molecule has 0 bridgehead atoms. The number of pyridine rings is 2. The van der Waals surface area contributed by atoms with Gasteiger partial charge < -0.3 is 19.4 Å². The van der Waals surface area contributed by atoms with Crippen molar-refractivity contribution in [2.24, 2.45) is 0 Å². The van der Waals surface area contributed by atoms with E-state index in [1.165, 1.54) is 6.20 Å². The van der Waals surface area contributed by atoms with E-state index >= 15 is 0 Å². The van der Waals surface area contributed by atoms with Crippen molar-refractivity contribution in [3.05, 3.63) is 78.0 Å². The Hall–Kier alpha value is -3.92. The van der Waals surface area contributed by atoms with Crippen LogP contribution in [0.15, 0.2) is 66.0 Å². The Morgan fingerprint density at radius 3 is 2.85 bits per heavy atom. The fourth-order valence-electron chi connectivity index (χ4n) is 4.87. The molecule has 0 spiro atoms. The summed E-state index contributed by atoms with van der Waals surface area (Å²) in [5.41, 5.74) is 4.75. The summed E-state index contributed by atoms with van der Waals surface area (Å²) in [6.45, 7) is 3.51. The Labute approximate surface area is 228 Å². The zero-order valence-electron chi connectivity index (χ0n) is 22.1. The first kappa shape index (κ1) is 26.7. The van der Waals surface area contributed by atoms with Crippen molar-refractivity contribution in [2.45, 2.75) is 43.5 Å². The predicted molar refractivity (Wildman–Crippen MR) is 149 cm³/mol. The van der Waals surface area contributed by atoms with E-state index < -0.39 is 15.9 Å². The van der Waals surface area contributed by atoms with Gasteiger partial charge in [-0.25, -0.2) is 8.42 Å². The number of hydrogen-bond donors (Lipinski definition) is 1. The van der Waals surface area contributed by atoms with E-state index in [-0.39, 0.29) is 23.9 Å². The summed E-state index contributed by atoms with van der Waals surface area (Å²) in [6.07, 6.45) is 8.76. The topological polar surface area (TPSA) is 112 Å². The average molecular weight is 549 g/mol. The van der Waals surface area contributed by atoms with Gasteiger partial charge in [0.05, 0.1) is 42.0 Å². The van der Waals surface area contributed by atoms with Crippen LogP contribution in [0.2, 0.25) is 0 Å². The molecule has 5 rings (SSSR count). The number of aromatic nitrogens is 3. The Kier molecular flexibility index (Phi) is 7.83. The number of rotatable bonds is 10. The van der Waals surface area contributed by atoms with Gasteiger partial charge >= 0.3 is 5.97 Å². The van der Waals surface area contributed by atoms with Gasteiger partial charge in [-0.1, -0.05) is 0 Å². The number of carbonyl (C=O) groups excluding carboxylic acids is 1. The van der Waals surface area contributed by atoms with Crippen LogP contribution in [0.4, 0.5) is 5.69 Å². The fourth-order valence-corrected chi connectivity index (χ4v) is 5.47. The number of carbonyl (C=O) groups is 1. The lowest BCUT2D eigenvalue weighted by atomic mass is 10.1. The molecule has 1 aliphatic heterocycles. The number of aryl methyl sites for hydroxylation is 1. The number of nitrogens with one attached hydrogen (secondary N) is 1. The van der Waals surface area contributed by atoms with Crippen LogP contribution in [0.3, 0.4) is 0 Å². The van der Waals surface area contributed by atoms with Crippen molar-refractivity contribution in [3.63, 3.8) is 0 Å². The number of nitrogens with zero attached hydrogens (tertiary/aromatic N) is 3. The molecular weight excluding hydrogens is 516 g/mol. The molecule has 4 heterocycles. The molecule has 0 saturated heterocycles. The number of esters is 1. The molecule has 1 aliphatic rings. The number of ether oxygens (including phenoxy) is 2. The molecule has 1 N–H and O–H groups in total. The maximum absolute atomic E-state index is 12.5. The highest BCUT2D eigenvalue weighted by molar-refractivity contribution is 7.90. The molecule has 0 fully saturated rings. The third kappa shape index (κ3) is 6.22. The average Bonchev–Trinajstić information content (AvgIpc) is 3.34. The van der Waals surface area contributed by atoms with Gasteiger partial charge in [0.15, 0.2) is 9.84 Å². The number of sulfone groups is 1. The second kappa shape index (κ2) is 11.4. The van der Waals surface area contributed by atoms with Crippen molar-refractivity contribution in [3.8, 4) is 5.75 Å². The van der Waals surface area contributed by atoms with Gasteiger partial charge in [0.2, 0.25) is 0 Å².